The van der Waals surface area contributed by atoms with Gasteiger partial charge in [0.25, 0.3) is 0 Å². The van der Waals surface area contributed by atoms with Crippen LogP contribution in [0, 0.1) is 5.82 Å². The first-order valence-corrected chi connectivity index (χ1v) is 10.1. The van der Waals surface area contributed by atoms with Crippen molar-refractivity contribution in [3.05, 3.63) is 59.9 Å². The van der Waals surface area contributed by atoms with Crippen molar-refractivity contribution in [2.24, 2.45) is 0 Å². The van der Waals surface area contributed by atoms with E-state index in [9.17, 15) is 14.3 Å². The van der Waals surface area contributed by atoms with Crippen molar-refractivity contribution in [3.8, 4) is 11.5 Å². The number of fused-ring (bicyclic) bond motifs is 2. The van der Waals surface area contributed by atoms with Crippen molar-refractivity contribution in [3.63, 3.8) is 0 Å². The summed E-state index contributed by atoms with van der Waals surface area (Å²) in [6.45, 7) is 3.09. The van der Waals surface area contributed by atoms with Gasteiger partial charge in [-0.3, -0.25) is 0 Å². The van der Waals surface area contributed by atoms with Crippen molar-refractivity contribution >= 4 is 33.5 Å². The number of furan rings is 1. The summed E-state index contributed by atoms with van der Waals surface area (Å²) in [7, 11) is 0. The van der Waals surface area contributed by atoms with Crippen LogP contribution in [0.2, 0.25) is 0 Å². The van der Waals surface area contributed by atoms with E-state index >= 15 is 0 Å². The second kappa shape index (κ2) is 7.13. The van der Waals surface area contributed by atoms with Crippen LogP contribution in [-0.2, 0) is 0 Å². The van der Waals surface area contributed by atoms with Crippen molar-refractivity contribution in [1.29, 1.82) is 0 Å². The van der Waals surface area contributed by atoms with E-state index in [4.69, 9.17) is 9.40 Å². The van der Waals surface area contributed by atoms with Gasteiger partial charge >= 0.3 is 5.97 Å². The van der Waals surface area contributed by atoms with Crippen LogP contribution in [-0.4, -0.2) is 28.6 Å². The highest BCUT2D eigenvalue weighted by Gasteiger charge is 2.24. The van der Waals surface area contributed by atoms with Gasteiger partial charge in [-0.25, -0.2) is 14.2 Å². The molecule has 4 aromatic rings. The first kappa shape index (κ1) is 18.6. The molecule has 1 unspecified atom stereocenters. The molecule has 6 heteroatoms. The molecule has 0 radical (unpaired) electrons. The molecule has 1 aliphatic rings. The Morgan fingerprint density at radius 3 is 2.80 bits per heavy atom. The largest absolute Gasteiger partial charge is 0.478 e. The van der Waals surface area contributed by atoms with Crippen LogP contribution in [0.15, 0.2) is 52.9 Å². The number of nitrogens with zero attached hydrogens (tertiary/aromatic N) is 2. The number of hydrogen-bond acceptors (Lipinski definition) is 4. The lowest BCUT2D eigenvalue weighted by molar-refractivity contribution is 0.0697. The summed E-state index contributed by atoms with van der Waals surface area (Å²) in [5.74, 6) is -0.701. The SMILES string of the molecule is CC1CCCCN1c1cc2cc(C(=O)O)ccc2nc1-c1cc2cc(F)ccc2o1. The minimum Gasteiger partial charge on any atom is -0.478 e. The number of aromatic carboxylic acids is 1. The van der Waals surface area contributed by atoms with Gasteiger partial charge in [0.2, 0.25) is 0 Å². The lowest BCUT2D eigenvalue weighted by Crippen LogP contribution is -2.37. The van der Waals surface area contributed by atoms with E-state index in [1.165, 1.54) is 18.6 Å². The van der Waals surface area contributed by atoms with Crippen LogP contribution in [0.25, 0.3) is 33.3 Å². The summed E-state index contributed by atoms with van der Waals surface area (Å²) in [6.07, 6.45) is 3.35. The minimum atomic E-state index is -0.965. The number of carboxylic acid groups (broad SMARTS) is 1. The quantitative estimate of drug-likeness (QED) is 0.463. The molecule has 1 saturated heterocycles. The minimum absolute atomic E-state index is 0.230. The Hall–Kier alpha value is -3.41. The van der Waals surface area contributed by atoms with Gasteiger partial charge in [0.1, 0.15) is 17.1 Å². The molecule has 2 aromatic heterocycles. The first-order valence-electron chi connectivity index (χ1n) is 10.1. The van der Waals surface area contributed by atoms with Crippen LogP contribution < -0.4 is 4.90 Å². The van der Waals surface area contributed by atoms with E-state index in [0.717, 1.165) is 30.5 Å². The van der Waals surface area contributed by atoms with E-state index in [1.807, 2.05) is 12.1 Å². The maximum absolute atomic E-state index is 13.7. The van der Waals surface area contributed by atoms with Gasteiger partial charge in [-0.15, -0.1) is 0 Å². The molecule has 0 aliphatic carbocycles. The Bertz CT molecular complexity index is 1280. The van der Waals surface area contributed by atoms with Gasteiger partial charge in [-0.1, -0.05) is 0 Å². The smallest absolute Gasteiger partial charge is 0.335 e. The predicted octanol–water partition coefficient (Wildman–Crippen LogP) is 5.86. The first-order chi connectivity index (χ1) is 14.5. The number of benzene rings is 2. The molecule has 1 atom stereocenters. The van der Waals surface area contributed by atoms with E-state index in [-0.39, 0.29) is 11.4 Å². The summed E-state index contributed by atoms with van der Waals surface area (Å²) >= 11 is 0. The van der Waals surface area contributed by atoms with Crippen molar-refractivity contribution in [2.45, 2.75) is 32.2 Å². The molecule has 0 saturated carbocycles. The van der Waals surface area contributed by atoms with E-state index in [2.05, 4.69) is 11.8 Å². The second-order valence-electron chi connectivity index (χ2n) is 7.90. The van der Waals surface area contributed by atoms with Crippen LogP contribution in [0.4, 0.5) is 10.1 Å². The van der Waals surface area contributed by atoms with Gasteiger partial charge in [0, 0.05) is 23.4 Å². The lowest BCUT2D eigenvalue weighted by atomic mass is 10.0. The number of aromatic nitrogens is 1. The van der Waals surface area contributed by atoms with Gasteiger partial charge in [0.15, 0.2) is 5.76 Å². The van der Waals surface area contributed by atoms with E-state index in [0.29, 0.717) is 34.0 Å². The Labute approximate surface area is 172 Å². The van der Waals surface area contributed by atoms with Gasteiger partial charge in [-0.05, 0) is 74.7 Å². The number of anilines is 1. The highest BCUT2D eigenvalue weighted by Crippen LogP contribution is 2.38. The molecule has 0 bridgehead atoms. The third kappa shape index (κ3) is 3.18. The summed E-state index contributed by atoms with van der Waals surface area (Å²) in [6, 6.07) is 13.5. The molecule has 1 N–H and O–H groups in total. The molecular formula is C24H21FN2O3. The average Bonchev–Trinajstić information content (AvgIpc) is 3.15. The normalized spacial score (nSPS) is 17.0. The summed E-state index contributed by atoms with van der Waals surface area (Å²) < 4.78 is 19.7. The number of carboxylic acids is 1. The number of halogens is 1. The standard InChI is InChI=1S/C24H21FN2O3/c1-14-4-2-3-9-27(14)20-12-16-10-15(24(28)29)5-7-19(16)26-23(20)22-13-17-11-18(25)6-8-21(17)30-22/h5-8,10-14H,2-4,9H2,1H3,(H,28,29). The third-order valence-electron chi connectivity index (χ3n) is 5.87. The van der Waals surface area contributed by atoms with Crippen molar-refractivity contribution in [2.75, 3.05) is 11.4 Å². The topological polar surface area (TPSA) is 66.6 Å². The zero-order chi connectivity index (χ0) is 20.8. The fraction of sp³-hybridized carbons (Fsp3) is 0.250. The fourth-order valence-corrected chi connectivity index (χ4v) is 4.29. The van der Waals surface area contributed by atoms with Crippen molar-refractivity contribution < 1.29 is 18.7 Å². The Kier molecular flexibility index (Phi) is 4.42. The van der Waals surface area contributed by atoms with Crippen LogP contribution in [0.5, 0.6) is 0 Å². The van der Waals surface area contributed by atoms with Gasteiger partial charge < -0.3 is 14.4 Å². The molecule has 5 nitrogen and oxygen atoms in total. The van der Waals surface area contributed by atoms with Gasteiger partial charge in [0.05, 0.1) is 16.8 Å². The predicted molar refractivity (Wildman–Crippen MR) is 115 cm³/mol. The number of hydrogen-bond donors (Lipinski definition) is 1. The molecule has 30 heavy (non-hydrogen) atoms. The zero-order valence-corrected chi connectivity index (χ0v) is 16.6. The molecule has 0 amide bonds. The number of carbonyl (C=O) groups is 1. The second-order valence-corrected chi connectivity index (χ2v) is 7.90. The molecule has 1 aliphatic heterocycles. The number of rotatable bonds is 3. The lowest BCUT2D eigenvalue weighted by Gasteiger charge is -2.36. The van der Waals surface area contributed by atoms with Crippen LogP contribution in [0.3, 0.4) is 0 Å². The zero-order valence-electron chi connectivity index (χ0n) is 16.6. The molecule has 152 valence electrons. The maximum Gasteiger partial charge on any atom is 0.335 e. The van der Waals surface area contributed by atoms with Crippen molar-refractivity contribution in [1.82, 2.24) is 4.98 Å². The Morgan fingerprint density at radius 2 is 2.00 bits per heavy atom. The van der Waals surface area contributed by atoms with E-state index < -0.39 is 5.97 Å². The number of pyridine rings is 1. The maximum atomic E-state index is 13.7. The summed E-state index contributed by atoms with van der Waals surface area (Å²) in [5, 5.41) is 10.8. The molecule has 0 spiro atoms. The highest BCUT2D eigenvalue weighted by molar-refractivity contribution is 5.96. The Balaban J connectivity index is 1.74. The molecule has 5 rings (SSSR count). The molecule has 2 aromatic carbocycles. The monoisotopic (exact) mass is 404 g/mol. The molecular weight excluding hydrogens is 383 g/mol. The highest BCUT2D eigenvalue weighted by atomic mass is 19.1. The third-order valence-corrected chi connectivity index (χ3v) is 5.87. The van der Waals surface area contributed by atoms with Gasteiger partial charge in [-0.2, -0.15) is 0 Å². The number of piperidine rings is 1. The molecule has 3 heterocycles. The van der Waals surface area contributed by atoms with Crippen LogP contribution >= 0.6 is 0 Å². The van der Waals surface area contributed by atoms with E-state index in [1.54, 1.807) is 24.3 Å². The van der Waals surface area contributed by atoms with Crippen LogP contribution in [0.1, 0.15) is 36.5 Å². The molecule has 1 fully saturated rings. The Morgan fingerprint density at radius 1 is 1.13 bits per heavy atom. The average molecular weight is 404 g/mol. The fourth-order valence-electron chi connectivity index (χ4n) is 4.29. The summed E-state index contributed by atoms with van der Waals surface area (Å²) in [4.78, 5) is 18.6. The summed E-state index contributed by atoms with van der Waals surface area (Å²) in [5.41, 5.74) is 3.13.